The highest BCUT2D eigenvalue weighted by Crippen LogP contribution is 2.26. The van der Waals surface area contributed by atoms with Crippen LogP contribution in [0.1, 0.15) is 17.0 Å². The molecule has 0 atom stereocenters. The lowest BCUT2D eigenvalue weighted by Gasteiger charge is -2.11. The molecule has 0 aliphatic carbocycles. The van der Waals surface area contributed by atoms with Crippen LogP contribution in [0.3, 0.4) is 0 Å². The van der Waals surface area contributed by atoms with Gasteiger partial charge in [-0.2, -0.15) is 0 Å². The maximum atomic E-state index is 6.19. The third-order valence-electron chi connectivity index (χ3n) is 3.52. The highest BCUT2D eigenvalue weighted by Gasteiger charge is 2.19. The topological polar surface area (TPSA) is 43.1 Å². The molecule has 5 heteroatoms. The molecule has 0 N–H and O–H groups in total. The molecule has 0 saturated heterocycles. The summed E-state index contributed by atoms with van der Waals surface area (Å²) >= 11 is 6.19. The molecule has 2 aromatic carbocycles. The molecule has 0 unspecified atom stereocenters. The minimum Gasteiger partial charge on any atom is -0.283 e. The first kappa shape index (κ1) is 12.3. The van der Waals surface area contributed by atoms with Crippen molar-refractivity contribution in [3.05, 3.63) is 76.8 Å². The average Bonchev–Trinajstić information content (AvgIpc) is 2.92. The standard InChI is InChI=1S/C16H11ClN4/c17-12-6-7-14-13(8-12)16(11-4-2-1-3-5-11)18-9-15-20-19-10-21(14)15/h1-8,10H,9H2/i1+1,2+1,3+1,4+1,5+1,11+1. The first-order chi connectivity index (χ1) is 10.3. The van der Waals surface area contributed by atoms with Crippen molar-refractivity contribution in [1.82, 2.24) is 14.8 Å². The van der Waals surface area contributed by atoms with Crippen LogP contribution in [0, 0.1) is 0 Å². The summed E-state index contributed by atoms with van der Waals surface area (Å²) < 4.78 is 1.96. The van der Waals surface area contributed by atoms with Crippen LogP contribution in [-0.2, 0) is 6.54 Å². The van der Waals surface area contributed by atoms with E-state index in [1.807, 2.05) is 41.0 Å². The van der Waals surface area contributed by atoms with Crippen LogP contribution in [0.15, 0.2) is 59.9 Å². The van der Waals surface area contributed by atoms with E-state index in [9.17, 15) is 0 Å². The maximum Gasteiger partial charge on any atom is 0.159 e. The van der Waals surface area contributed by atoms with E-state index in [4.69, 9.17) is 16.6 Å². The van der Waals surface area contributed by atoms with Crippen molar-refractivity contribution in [2.24, 2.45) is 4.99 Å². The molecule has 0 saturated carbocycles. The third-order valence-corrected chi connectivity index (χ3v) is 3.75. The summed E-state index contributed by atoms with van der Waals surface area (Å²) in [5.74, 6) is 0.824. The summed E-state index contributed by atoms with van der Waals surface area (Å²) in [6.45, 7) is 0.497. The van der Waals surface area contributed by atoms with Crippen LogP contribution >= 0.6 is 11.6 Å². The molecule has 0 amide bonds. The lowest BCUT2D eigenvalue weighted by molar-refractivity contribution is 0.870. The Hall–Kier alpha value is -2.46. The summed E-state index contributed by atoms with van der Waals surface area (Å²) in [4.78, 5) is 4.72. The lowest BCUT2D eigenvalue weighted by Crippen LogP contribution is -2.06. The molecule has 0 bridgehead atoms. The van der Waals surface area contributed by atoms with Crippen molar-refractivity contribution in [1.29, 1.82) is 0 Å². The SMILES string of the molecule is Clc1ccc2c(c1)C([13c]1[13cH][13cH][13cH][13cH][13cH]1)=NCc1nncn1-2. The molecule has 0 radical (unpaired) electrons. The molecule has 1 aromatic heterocycles. The highest BCUT2D eigenvalue weighted by molar-refractivity contribution is 6.31. The molecular weight excluding hydrogens is 290 g/mol. The number of aliphatic imine (C=N–C) groups is 1. The molecule has 1 aliphatic rings. The highest BCUT2D eigenvalue weighted by atomic mass is 35.5. The monoisotopic (exact) mass is 300 g/mol. The fourth-order valence-electron chi connectivity index (χ4n) is 2.55. The Balaban J connectivity index is 2.00. The fraction of sp³-hybridized carbons (Fsp3) is 0.0625. The van der Waals surface area contributed by atoms with Gasteiger partial charge < -0.3 is 0 Å². The van der Waals surface area contributed by atoms with Gasteiger partial charge >= 0.3 is 0 Å². The number of halogens is 1. The number of aromatic nitrogens is 3. The van der Waals surface area contributed by atoms with Gasteiger partial charge in [0.2, 0.25) is 0 Å². The van der Waals surface area contributed by atoms with Crippen molar-refractivity contribution in [3.8, 4) is 5.69 Å². The number of hydrogen-bond acceptors (Lipinski definition) is 3. The van der Waals surface area contributed by atoms with Gasteiger partial charge in [0.05, 0.1) is 11.4 Å². The summed E-state index contributed by atoms with van der Waals surface area (Å²) in [5.41, 5.74) is 3.99. The number of benzene rings is 2. The number of nitrogens with zero attached hydrogens (tertiary/aromatic N) is 4. The van der Waals surface area contributed by atoms with E-state index in [1.54, 1.807) is 6.33 Å². The van der Waals surface area contributed by atoms with Gasteiger partial charge in [-0.3, -0.25) is 9.56 Å². The predicted octanol–water partition coefficient (Wildman–Crippen LogP) is 3.27. The van der Waals surface area contributed by atoms with E-state index < -0.39 is 0 Å². The van der Waals surface area contributed by atoms with Gasteiger partial charge in [-0.25, -0.2) is 0 Å². The Bertz CT molecular complexity index is 836. The van der Waals surface area contributed by atoms with E-state index in [-0.39, 0.29) is 0 Å². The normalized spacial score (nSPS) is 13.1. The Labute approximate surface area is 126 Å². The van der Waals surface area contributed by atoms with Crippen molar-refractivity contribution in [2.75, 3.05) is 0 Å². The molecule has 1 aliphatic heterocycles. The van der Waals surface area contributed by atoms with Crippen LogP contribution in [0.2, 0.25) is 5.02 Å². The lowest BCUT2D eigenvalue weighted by atomic mass is 10.1. The molecular formula is C16H11ClN4. The summed E-state index contributed by atoms with van der Waals surface area (Å²) in [5, 5.41) is 8.80. The largest absolute Gasteiger partial charge is 0.283 e. The van der Waals surface area contributed by atoms with E-state index in [0.717, 1.165) is 28.4 Å². The Morgan fingerprint density at radius 2 is 1.90 bits per heavy atom. The molecule has 4 rings (SSSR count). The maximum absolute atomic E-state index is 6.19. The van der Waals surface area contributed by atoms with Crippen LogP contribution in [-0.4, -0.2) is 20.5 Å². The second-order valence-electron chi connectivity index (χ2n) is 4.81. The van der Waals surface area contributed by atoms with Crippen LogP contribution in [0.5, 0.6) is 0 Å². The molecule has 21 heavy (non-hydrogen) atoms. The summed E-state index contributed by atoms with van der Waals surface area (Å²) in [6.07, 6.45) is 1.71. The van der Waals surface area contributed by atoms with Crippen molar-refractivity contribution in [2.45, 2.75) is 6.54 Å². The Morgan fingerprint density at radius 1 is 1.05 bits per heavy atom. The molecule has 102 valence electrons. The van der Waals surface area contributed by atoms with Gasteiger partial charge in [-0.1, -0.05) is 41.9 Å². The second kappa shape index (κ2) is 4.82. The third kappa shape index (κ3) is 2.04. The molecule has 3 aromatic rings. The van der Waals surface area contributed by atoms with Crippen LogP contribution in [0.4, 0.5) is 0 Å². The first-order valence-corrected chi connectivity index (χ1v) is 7.00. The quantitative estimate of drug-likeness (QED) is 0.692. The van der Waals surface area contributed by atoms with Gasteiger partial charge in [0.15, 0.2) is 5.82 Å². The molecule has 2 heterocycles. The van der Waals surface area contributed by atoms with E-state index in [1.165, 1.54) is 0 Å². The average molecular weight is 301 g/mol. The van der Waals surface area contributed by atoms with Gasteiger partial charge in [0, 0.05) is 16.1 Å². The van der Waals surface area contributed by atoms with Gasteiger partial charge in [0.25, 0.3) is 0 Å². The van der Waals surface area contributed by atoms with E-state index >= 15 is 0 Å². The minimum atomic E-state index is 0.497. The summed E-state index contributed by atoms with van der Waals surface area (Å²) in [6, 6.07) is 15.9. The smallest absolute Gasteiger partial charge is 0.159 e. The van der Waals surface area contributed by atoms with Crippen LogP contribution in [0.25, 0.3) is 5.69 Å². The van der Waals surface area contributed by atoms with Crippen molar-refractivity contribution in [3.63, 3.8) is 0 Å². The summed E-state index contributed by atoms with van der Waals surface area (Å²) in [7, 11) is 0. The number of rotatable bonds is 1. The van der Waals surface area contributed by atoms with Gasteiger partial charge in [0.1, 0.15) is 12.9 Å². The van der Waals surface area contributed by atoms with Crippen molar-refractivity contribution < 1.29 is 0 Å². The number of fused-ring (bicyclic) bond motifs is 3. The first-order valence-electron chi connectivity index (χ1n) is 6.62. The van der Waals surface area contributed by atoms with Gasteiger partial charge in [-0.15, -0.1) is 10.2 Å². The zero-order valence-corrected chi connectivity index (χ0v) is 11.8. The van der Waals surface area contributed by atoms with Gasteiger partial charge in [-0.05, 0) is 18.2 Å². The molecule has 0 fully saturated rings. The Morgan fingerprint density at radius 3 is 2.76 bits per heavy atom. The van der Waals surface area contributed by atoms with E-state index in [2.05, 4.69) is 22.3 Å². The van der Waals surface area contributed by atoms with Crippen molar-refractivity contribution >= 4 is 17.3 Å². The zero-order chi connectivity index (χ0) is 14.2. The van der Waals surface area contributed by atoms with E-state index in [0.29, 0.717) is 11.6 Å². The fourth-order valence-corrected chi connectivity index (χ4v) is 2.73. The minimum absolute atomic E-state index is 0.497. The second-order valence-corrected chi connectivity index (χ2v) is 5.25. The molecule has 0 spiro atoms. The number of hydrogen-bond donors (Lipinski definition) is 0. The predicted molar refractivity (Wildman–Crippen MR) is 82.2 cm³/mol. The Kier molecular flexibility index (Phi) is 2.82. The molecule has 4 nitrogen and oxygen atoms in total. The zero-order valence-electron chi connectivity index (χ0n) is 11.1. The van der Waals surface area contributed by atoms with Crippen LogP contribution < -0.4 is 0 Å².